The second kappa shape index (κ2) is 5.05. The number of carbonyl (C=O) groups excluding carboxylic acids is 1. The van der Waals surface area contributed by atoms with Gasteiger partial charge in [-0.2, -0.15) is 0 Å². The molecule has 0 fully saturated rings. The van der Waals surface area contributed by atoms with E-state index in [1.54, 1.807) is 18.2 Å². The number of anilines is 1. The third kappa shape index (κ3) is 2.67. The molecule has 6 nitrogen and oxygen atoms in total. The van der Waals surface area contributed by atoms with Crippen molar-refractivity contribution in [3.05, 3.63) is 54.1 Å². The van der Waals surface area contributed by atoms with Gasteiger partial charge in [0.2, 0.25) is 0 Å². The van der Waals surface area contributed by atoms with Crippen LogP contribution in [0.1, 0.15) is 21.0 Å². The first-order valence-corrected chi connectivity index (χ1v) is 5.08. The lowest BCUT2D eigenvalue weighted by molar-refractivity contribution is 0.0690. The summed E-state index contributed by atoms with van der Waals surface area (Å²) >= 11 is 0. The summed E-state index contributed by atoms with van der Waals surface area (Å²) in [6.45, 7) is 0. The normalized spacial score (nSPS) is 9.78. The van der Waals surface area contributed by atoms with Gasteiger partial charge in [-0.15, -0.1) is 0 Å². The van der Waals surface area contributed by atoms with Gasteiger partial charge >= 0.3 is 5.97 Å². The predicted octanol–water partition coefficient (Wildman–Crippen LogP) is 1.43. The molecule has 0 radical (unpaired) electrons. The highest BCUT2D eigenvalue weighted by Crippen LogP contribution is 2.07. The van der Waals surface area contributed by atoms with E-state index < -0.39 is 5.97 Å². The second-order valence-corrected chi connectivity index (χ2v) is 3.41. The van der Waals surface area contributed by atoms with Crippen LogP contribution in [0.15, 0.2) is 42.7 Å². The SMILES string of the molecule is O=C(O)c1ccc(NC(=O)c2ccccn2)cn1. The highest BCUT2D eigenvalue weighted by Gasteiger charge is 2.08. The van der Waals surface area contributed by atoms with E-state index in [1.165, 1.54) is 24.5 Å². The van der Waals surface area contributed by atoms with Crippen LogP contribution in [0.25, 0.3) is 0 Å². The number of nitrogens with one attached hydrogen (secondary N) is 1. The molecule has 6 heteroatoms. The lowest BCUT2D eigenvalue weighted by Crippen LogP contribution is -2.13. The number of aromatic nitrogens is 2. The molecule has 2 heterocycles. The summed E-state index contributed by atoms with van der Waals surface area (Å²) < 4.78 is 0. The first-order valence-electron chi connectivity index (χ1n) is 5.08. The van der Waals surface area contributed by atoms with Crippen LogP contribution in [0.2, 0.25) is 0 Å². The van der Waals surface area contributed by atoms with E-state index in [9.17, 15) is 9.59 Å². The van der Waals surface area contributed by atoms with E-state index in [2.05, 4.69) is 15.3 Å². The van der Waals surface area contributed by atoms with Crippen LogP contribution in [0.3, 0.4) is 0 Å². The number of nitrogens with zero attached hydrogens (tertiary/aromatic N) is 2. The van der Waals surface area contributed by atoms with Gasteiger partial charge < -0.3 is 10.4 Å². The number of carboxylic acids is 1. The van der Waals surface area contributed by atoms with E-state index >= 15 is 0 Å². The summed E-state index contributed by atoms with van der Waals surface area (Å²) in [5, 5.41) is 11.2. The second-order valence-electron chi connectivity index (χ2n) is 3.41. The number of amides is 1. The first kappa shape index (κ1) is 11.7. The van der Waals surface area contributed by atoms with Crippen LogP contribution < -0.4 is 5.32 Å². The summed E-state index contributed by atoms with van der Waals surface area (Å²) in [7, 11) is 0. The standard InChI is InChI=1S/C12H9N3O3/c16-11(9-3-1-2-6-13-9)15-8-4-5-10(12(17)18)14-7-8/h1-7H,(H,15,16)(H,17,18). The van der Waals surface area contributed by atoms with Gasteiger partial charge in [0.25, 0.3) is 5.91 Å². The van der Waals surface area contributed by atoms with Crippen LogP contribution in [0.4, 0.5) is 5.69 Å². The molecule has 1 amide bonds. The maximum Gasteiger partial charge on any atom is 0.354 e. The van der Waals surface area contributed by atoms with E-state index in [1.807, 2.05) is 0 Å². The Bertz CT molecular complexity index is 567. The molecular formula is C12H9N3O3. The maximum absolute atomic E-state index is 11.7. The smallest absolute Gasteiger partial charge is 0.354 e. The number of pyridine rings is 2. The minimum Gasteiger partial charge on any atom is -0.477 e. The zero-order chi connectivity index (χ0) is 13.0. The average Bonchev–Trinajstić information content (AvgIpc) is 2.40. The summed E-state index contributed by atoms with van der Waals surface area (Å²) in [6, 6.07) is 7.77. The molecule has 2 N–H and O–H groups in total. The molecule has 0 aromatic carbocycles. The maximum atomic E-state index is 11.7. The summed E-state index contributed by atoms with van der Waals surface area (Å²) in [4.78, 5) is 29.9. The molecule has 2 aromatic heterocycles. The van der Waals surface area contributed by atoms with Gasteiger partial charge in [0.15, 0.2) is 0 Å². The molecule has 0 unspecified atom stereocenters. The Morgan fingerprint density at radius 2 is 1.89 bits per heavy atom. The molecule has 2 rings (SSSR count). The monoisotopic (exact) mass is 243 g/mol. The van der Waals surface area contributed by atoms with Gasteiger partial charge in [0, 0.05) is 6.20 Å². The lowest BCUT2D eigenvalue weighted by Gasteiger charge is -2.04. The van der Waals surface area contributed by atoms with Crippen molar-refractivity contribution in [3.63, 3.8) is 0 Å². The first-order chi connectivity index (χ1) is 8.66. The number of carbonyl (C=O) groups is 2. The molecule has 0 saturated carbocycles. The summed E-state index contributed by atoms with van der Waals surface area (Å²) in [5.74, 6) is -1.49. The molecule has 0 spiro atoms. The molecule has 0 bridgehead atoms. The predicted molar refractivity (Wildman–Crippen MR) is 63.4 cm³/mol. The molecule has 90 valence electrons. The minimum absolute atomic E-state index is 0.0779. The minimum atomic E-state index is -1.11. The van der Waals surface area contributed by atoms with Gasteiger partial charge in [0.1, 0.15) is 11.4 Å². The highest BCUT2D eigenvalue weighted by molar-refractivity contribution is 6.02. The number of carboxylic acid groups (broad SMARTS) is 1. The van der Waals surface area contributed by atoms with Crippen molar-refractivity contribution in [2.45, 2.75) is 0 Å². The van der Waals surface area contributed by atoms with Crippen molar-refractivity contribution in [2.24, 2.45) is 0 Å². The number of rotatable bonds is 3. The van der Waals surface area contributed by atoms with E-state index in [4.69, 9.17) is 5.11 Å². The van der Waals surface area contributed by atoms with Gasteiger partial charge in [-0.05, 0) is 24.3 Å². The van der Waals surface area contributed by atoms with Crippen LogP contribution >= 0.6 is 0 Å². The van der Waals surface area contributed by atoms with Gasteiger partial charge in [-0.1, -0.05) is 6.07 Å². The molecule has 0 saturated heterocycles. The third-order valence-corrected chi connectivity index (χ3v) is 2.14. The van der Waals surface area contributed by atoms with Crippen molar-refractivity contribution >= 4 is 17.6 Å². The zero-order valence-electron chi connectivity index (χ0n) is 9.20. The van der Waals surface area contributed by atoms with Crippen molar-refractivity contribution in [3.8, 4) is 0 Å². The van der Waals surface area contributed by atoms with Gasteiger partial charge in [0.05, 0.1) is 11.9 Å². The van der Waals surface area contributed by atoms with E-state index in [0.717, 1.165) is 0 Å². The van der Waals surface area contributed by atoms with Crippen molar-refractivity contribution in [2.75, 3.05) is 5.32 Å². The molecule has 2 aromatic rings. The van der Waals surface area contributed by atoms with E-state index in [-0.39, 0.29) is 17.3 Å². The Morgan fingerprint density at radius 1 is 1.06 bits per heavy atom. The fourth-order valence-corrected chi connectivity index (χ4v) is 1.29. The zero-order valence-corrected chi connectivity index (χ0v) is 9.20. The molecule has 0 aliphatic rings. The molecule has 0 aliphatic carbocycles. The average molecular weight is 243 g/mol. The Labute approximate surface area is 102 Å². The quantitative estimate of drug-likeness (QED) is 0.850. The van der Waals surface area contributed by atoms with Gasteiger partial charge in [-0.3, -0.25) is 9.78 Å². The number of hydrogen-bond acceptors (Lipinski definition) is 4. The van der Waals surface area contributed by atoms with Crippen LogP contribution in [-0.4, -0.2) is 27.0 Å². The number of aromatic carboxylic acids is 1. The van der Waals surface area contributed by atoms with Crippen molar-refractivity contribution in [1.29, 1.82) is 0 Å². The molecule has 18 heavy (non-hydrogen) atoms. The Hall–Kier alpha value is -2.76. The highest BCUT2D eigenvalue weighted by atomic mass is 16.4. The third-order valence-electron chi connectivity index (χ3n) is 2.14. The number of hydrogen-bond donors (Lipinski definition) is 2. The molecular weight excluding hydrogens is 234 g/mol. The summed E-state index contributed by atoms with van der Waals surface area (Å²) in [5.41, 5.74) is 0.612. The molecule has 0 aliphatic heterocycles. The van der Waals surface area contributed by atoms with Crippen LogP contribution in [0.5, 0.6) is 0 Å². The Morgan fingerprint density at radius 3 is 2.44 bits per heavy atom. The summed E-state index contributed by atoms with van der Waals surface area (Å²) in [6.07, 6.45) is 2.80. The largest absolute Gasteiger partial charge is 0.477 e. The fourth-order valence-electron chi connectivity index (χ4n) is 1.29. The fraction of sp³-hybridized carbons (Fsp3) is 0. The van der Waals surface area contributed by atoms with Crippen molar-refractivity contribution < 1.29 is 14.7 Å². The van der Waals surface area contributed by atoms with Crippen LogP contribution in [0, 0.1) is 0 Å². The van der Waals surface area contributed by atoms with Crippen molar-refractivity contribution in [1.82, 2.24) is 9.97 Å². The van der Waals surface area contributed by atoms with E-state index in [0.29, 0.717) is 5.69 Å². The van der Waals surface area contributed by atoms with Crippen LogP contribution in [-0.2, 0) is 0 Å². The van der Waals surface area contributed by atoms with Gasteiger partial charge in [-0.25, -0.2) is 9.78 Å². The lowest BCUT2D eigenvalue weighted by atomic mass is 10.3. The Balaban J connectivity index is 2.10. The topological polar surface area (TPSA) is 92.2 Å². The Kier molecular flexibility index (Phi) is 3.29. The molecule has 0 atom stereocenters.